The molecule has 0 saturated carbocycles. The molecule has 0 saturated heterocycles. The third-order valence-electron chi connectivity index (χ3n) is 3.35. The fourth-order valence-corrected chi connectivity index (χ4v) is 3.75. The van der Waals surface area contributed by atoms with Crippen molar-refractivity contribution in [3.63, 3.8) is 0 Å². The zero-order valence-electron chi connectivity index (χ0n) is 12.6. The highest BCUT2D eigenvalue weighted by molar-refractivity contribution is 6.60. The Bertz CT molecular complexity index is 202. The van der Waals surface area contributed by atoms with Gasteiger partial charge in [0.1, 0.15) is 0 Å². The smallest absolute Gasteiger partial charge is 0.396 e. The predicted molar refractivity (Wildman–Crippen MR) is 74.4 cm³/mol. The molecule has 0 aliphatic rings. The summed E-state index contributed by atoms with van der Waals surface area (Å²) in [5.41, 5.74) is 0. The summed E-state index contributed by atoms with van der Waals surface area (Å²) >= 11 is 0. The monoisotopic (exact) mass is 280 g/mol. The summed E-state index contributed by atoms with van der Waals surface area (Å²) in [5, 5.41) is 8.79. The van der Waals surface area contributed by atoms with E-state index in [2.05, 4.69) is 14.1 Å². The van der Waals surface area contributed by atoms with Gasteiger partial charge in [-0.2, -0.15) is 0 Å². The van der Waals surface area contributed by atoms with Gasteiger partial charge in [0, 0.05) is 40.4 Å². The van der Waals surface area contributed by atoms with E-state index in [1.807, 2.05) is 0 Å². The molecule has 0 radical (unpaired) electrons. The van der Waals surface area contributed by atoms with Gasteiger partial charge in [-0.1, -0.05) is 0 Å². The molecule has 0 aromatic heterocycles. The summed E-state index contributed by atoms with van der Waals surface area (Å²) < 4.78 is 17.2. The average molecular weight is 280 g/mol. The number of aliphatic hydroxyl groups excluding tert-OH is 1. The first-order valence-electron chi connectivity index (χ1n) is 6.53. The summed E-state index contributed by atoms with van der Waals surface area (Å²) in [4.78, 5) is 0. The maximum Gasteiger partial charge on any atom is 0.500 e. The van der Waals surface area contributed by atoms with Crippen molar-refractivity contribution in [1.29, 1.82) is 0 Å². The van der Waals surface area contributed by atoms with Gasteiger partial charge < -0.3 is 22.9 Å². The lowest BCUT2D eigenvalue weighted by atomic mass is 10.2. The molecule has 0 bridgehead atoms. The topological polar surface area (TPSA) is 47.9 Å². The highest BCUT2D eigenvalue weighted by Crippen LogP contribution is 2.16. The standard InChI is InChI=1S/C12H30NO4Si/c1-13(2,9-6-7-11-14)10-8-12-18(15-3,16-4)17-5/h14H,6-12H2,1-5H3/q+1. The fraction of sp³-hybridized carbons (Fsp3) is 1.00. The van der Waals surface area contributed by atoms with Gasteiger partial charge in [-0.25, -0.2) is 0 Å². The van der Waals surface area contributed by atoms with Crippen LogP contribution in [0.5, 0.6) is 0 Å². The van der Waals surface area contributed by atoms with E-state index in [1.54, 1.807) is 21.3 Å². The van der Waals surface area contributed by atoms with E-state index in [4.69, 9.17) is 18.4 Å². The van der Waals surface area contributed by atoms with Gasteiger partial charge in [0.15, 0.2) is 0 Å². The Morgan fingerprint density at radius 2 is 1.39 bits per heavy atom. The Morgan fingerprint density at radius 1 is 0.889 bits per heavy atom. The fourth-order valence-electron chi connectivity index (χ4n) is 2.04. The van der Waals surface area contributed by atoms with Crippen molar-refractivity contribution < 1.29 is 22.9 Å². The molecular weight excluding hydrogens is 250 g/mol. The first kappa shape index (κ1) is 18.0. The zero-order valence-corrected chi connectivity index (χ0v) is 13.6. The van der Waals surface area contributed by atoms with Crippen molar-refractivity contribution in [1.82, 2.24) is 0 Å². The molecular formula is C12H30NO4Si+. The highest BCUT2D eigenvalue weighted by atomic mass is 28.4. The molecule has 0 unspecified atom stereocenters. The minimum atomic E-state index is -2.41. The van der Waals surface area contributed by atoms with E-state index in [1.165, 1.54) is 0 Å². The first-order chi connectivity index (χ1) is 8.45. The van der Waals surface area contributed by atoms with E-state index in [-0.39, 0.29) is 6.61 Å². The molecule has 0 atom stereocenters. The number of quaternary nitrogens is 1. The minimum absolute atomic E-state index is 0.285. The number of nitrogens with zero attached hydrogens (tertiary/aromatic N) is 1. The number of hydrogen-bond acceptors (Lipinski definition) is 4. The Hall–Kier alpha value is 0.0169. The number of rotatable bonds is 11. The normalized spacial score (nSPS) is 13.0. The van der Waals surface area contributed by atoms with Crippen LogP contribution >= 0.6 is 0 Å². The van der Waals surface area contributed by atoms with Gasteiger partial charge in [-0.15, -0.1) is 0 Å². The predicted octanol–water partition coefficient (Wildman–Crippen LogP) is 1.10. The number of aliphatic hydroxyl groups is 1. The highest BCUT2D eigenvalue weighted by Gasteiger charge is 2.37. The second-order valence-corrected chi connectivity index (χ2v) is 8.30. The molecule has 0 spiro atoms. The molecule has 110 valence electrons. The maximum absolute atomic E-state index is 8.79. The van der Waals surface area contributed by atoms with Gasteiger partial charge in [0.25, 0.3) is 0 Å². The molecule has 0 amide bonds. The zero-order chi connectivity index (χ0) is 14.1. The van der Waals surface area contributed by atoms with Crippen LogP contribution in [-0.2, 0) is 13.3 Å². The molecule has 5 nitrogen and oxygen atoms in total. The summed E-state index contributed by atoms with van der Waals surface area (Å²) in [6.45, 7) is 2.44. The SMILES string of the molecule is CO[Si](CCC[N+](C)(C)CCCCO)(OC)OC. The van der Waals surface area contributed by atoms with E-state index >= 15 is 0 Å². The lowest BCUT2D eigenvalue weighted by molar-refractivity contribution is -0.890. The second-order valence-electron chi connectivity index (χ2n) is 5.21. The van der Waals surface area contributed by atoms with Crippen molar-refractivity contribution in [2.45, 2.75) is 25.3 Å². The molecule has 0 aliphatic heterocycles. The summed E-state index contributed by atoms with van der Waals surface area (Å²) in [6, 6.07) is 0.845. The van der Waals surface area contributed by atoms with E-state index in [0.717, 1.165) is 42.9 Å². The van der Waals surface area contributed by atoms with Crippen molar-refractivity contribution in [3.05, 3.63) is 0 Å². The van der Waals surface area contributed by atoms with Crippen LogP contribution in [0.15, 0.2) is 0 Å². The maximum atomic E-state index is 8.79. The van der Waals surface area contributed by atoms with E-state index in [9.17, 15) is 0 Å². The van der Waals surface area contributed by atoms with Gasteiger partial charge in [-0.05, 0) is 12.8 Å². The van der Waals surface area contributed by atoms with Crippen LogP contribution < -0.4 is 0 Å². The molecule has 18 heavy (non-hydrogen) atoms. The Balaban J connectivity index is 4.00. The van der Waals surface area contributed by atoms with Crippen LogP contribution in [0.3, 0.4) is 0 Å². The largest absolute Gasteiger partial charge is 0.500 e. The lowest BCUT2D eigenvalue weighted by Crippen LogP contribution is -2.45. The Labute approximate surface area is 113 Å². The van der Waals surface area contributed by atoms with Gasteiger partial charge in [-0.3, -0.25) is 0 Å². The molecule has 6 heteroatoms. The molecule has 1 N–H and O–H groups in total. The van der Waals surface area contributed by atoms with Crippen LogP contribution in [0, 0.1) is 0 Å². The number of unbranched alkanes of at least 4 members (excludes halogenated alkanes) is 1. The molecule has 0 aromatic rings. The van der Waals surface area contributed by atoms with Gasteiger partial charge in [0.2, 0.25) is 0 Å². The molecule has 0 aliphatic carbocycles. The summed E-state index contributed by atoms with van der Waals surface area (Å²) in [6.07, 6.45) is 2.97. The minimum Gasteiger partial charge on any atom is -0.396 e. The molecule has 0 heterocycles. The average Bonchev–Trinajstić information content (AvgIpc) is 2.35. The van der Waals surface area contributed by atoms with Gasteiger partial charge >= 0.3 is 8.80 Å². The van der Waals surface area contributed by atoms with Crippen molar-refractivity contribution in [2.75, 3.05) is 55.1 Å². The Morgan fingerprint density at radius 3 is 1.83 bits per heavy atom. The van der Waals surface area contributed by atoms with E-state index < -0.39 is 8.80 Å². The summed E-state index contributed by atoms with van der Waals surface area (Å²) in [7, 11) is 6.99. The van der Waals surface area contributed by atoms with Crippen LogP contribution in [0.25, 0.3) is 0 Å². The molecule has 0 aromatic carbocycles. The second kappa shape index (κ2) is 9.01. The van der Waals surface area contributed by atoms with Crippen LogP contribution in [0.2, 0.25) is 6.04 Å². The molecule has 0 rings (SSSR count). The van der Waals surface area contributed by atoms with Crippen LogP contribution in [0.4, 0.5) is 0 Å². The number of hydrogen-bond donors (Lipinski definition) is 1. The van der Waals surface area contributed by atoms with Crippen molar-refractivity contribution in [2.24, 2.45) is 0 Å². The summed E-state index contributed by atoms with van der Waals surface area (Å²) in [5.74, 6) is 0. The third-order valence-corrected chi connectivity index (χ3v) is 6.18. The first-order valence-corrected chi connectivity index (χ1v) is 8.47. The van der Waals surface area contributed by atoms with Crippen LogP contribution in [-0.4, -0.2) is 73.5 Å². The molecule has 0 fully saturated rings. The third kappa shape index (κ3) is 6.82. The van der Waals surface area contributed by atoms with Crippen molar-refractivity contribution >= 4 is 8.80 Å². The van der Waals surface area contributed by atoms with Crippen molar-refractivity contribution in [3.8, 4) is 0 Å². The Kier molecular flexibility index (Phi) is 9.01. The van der Waals surface area contributed by atoms with Crippen LogP contribution in [0.1, 0.15) is 19.3 Å². The van der Waals surface area contributed by atoms with Gasteiger partial charge in [0.05, 0.1) is 27.2 Å². The lowest BCUT2D eigenvalue weighted by Gasteiger charge is -2.31. The quantitative estimate of drug-likeness (QED) is 0.350. The van der Waals surface area contributed by atoms with E-state index in [0.29, 0.717) is 0 Å².